The van der Waals surface area contributed by atoms with E-state index in [0.29, 0.717) is 0 Å². The Balaban J connectivity index is 2.19. The van der Waals surface area contributed by atoms with Crippen molar-refractivity contribution < 1.29 is 26.0 Å². The van der Waals surface area contributed by atoms with Crippen molar-refractivity contribution in [3.05, 3.63) is 59.7 Å². The first-order chi connectivity index (χ1) is 13.0. The summed E-state index contributed by atoms with van der Waals surface area (Å²) >= 11 is 0. The largest absolute Gasteiger partial charge is 0.435 e. The number of aromatic nitrogens is 3. The van der Waals surface area contributed by atoms with Gasteiger partial charge in [0.15, 0.2) is 10.7 Å². The van der Waals surface area contributed by atoms with Crippen LogP contribution in [0.3, 0.4) is 0 Å². The number of rotatable bonds is 3. The Bertz CT molecular complexity index is 1190. The lowest BCUT2D eigenvalue weighted by molar-refractivity contribution is -0.141. The number of pyridine rings is 1. The summed E-state index contributed by atoms with van der Waals surface area (Å²) in [6, 6.07) is 6.50. The maximum absolute atomic E-state index is 14.0. The van der Waals surface area contributed by atoms with Gasteiger partial charge in [-0.3, -0.25) is 0 Å². The van der Waals surface area contributed by atoms with Gasteiger partial charge >= 0.3 is 6.18 Å². The van der Waals surface area contributed by atoms with Crippen LogP contribution in [0.25, 0.3) is 16.9 Å². The molecule has 0 spiro atoms. The molecule has 1 aromatic carbocycles. The molecule has 0 saturated carbocycles. The molecule has 0 aliphatic carbocycles. The maximum atomic E-state index is 14.0. The normalized spacial score (nSPS) is 12.0. The highest BCUT2D eigenvalue weighted by atomic mass is 32.2. The number of alkyl halides is 3. The smallest absolute Gasteiger partial charge is 0.241 e. The number of hydrogen-bond acceptors (Lipinski definition) is 4. The Labute approximate surface area is 156 Å². The van der Waals surface area contributed by atoms with E-state index in [-0.39, 0.29) is 22.5 Å². The minimum Gasteiger partial charge on any atom is -0.241 e. The van der Waals surface area contributed by atoms with Gasteiger partial charge in [0.2, 0.25) is 0 Å². The van der Waals surface area contributed by atoms with E-state index in [2.05, 4.69) is 16.0 Å². The first kappa shape index (κ1) is 19.5. The lowest BCUT2D eigenvalue weighted by atomic mass is 10.1. The summed E-state index contributed by atoms with van der Waals surface area (Å²) in [5, 5.41) is 7.99. The summed E-state index contributed by atoms with van der Waals surface area (Å²) < 4.78 is 76.9. The van der Waals surface area contributed by atoms with Gasteiger partial charge in [0.1, 0.15) is 5.82 Å². The van der Waals surface area contributed by atoms with Crippen molar-refractivity contribution in [3.63, 3.8) is 0 Å². The molecule has 0 amide bonds. The second kappa shape index (κ2) is 6.74. The zero-order valence-corrected chi connectivity index (χ0v) is 14.6. The standard InChI is InChI=1S/C17H10F4N4O2S/c1-2-10-3-4-11(7-13(10)18)14-8-15(17(19,20)21)24-25(14)12-5-6-16(23-9-12)28(22,26)27/h1,3-9H,(H2,22,26,27). The van der Waals surface area contributed by atoms with Gasteiger partial charge in [-0.25, -0.2) is 27.6 Å². The van der Waals surface area contributed by atoms with Crippen molar-refractivity contribution in [1.29, 1.82) is 0 Å². The molecule has 0 aliphatic heterocycles. The Kier molecular flexibility index (Phi) is 4.70. The van der Waals surface area contributed by atoms with Crippen LogP contribution in [-0.4, -0.2) is 23.2 Å². The van der Waals surface area contributed by atoms with Gasteiger partial charge in [0.25, 0.3) is 10.0 Å². The van der Waals surface area contributed by atoms with Crippen LogP contribution in [0.15, 0.2) is 47.6 Å². The van der Waals surface area contributed by atoms with E-state index in [4.69, 9.17) is 11.6 Å². The molecule has 3 aromatic rings. The van der Waals surface area contributed by atoms with Crippen molar-refractivity contribution in [2.75, 3.05) is 0 Å². The highest BCUT2D eigenvalue weighted by molar-refractivity contribution is 7.89. The van der Waals surface area contributed by atoms with Crippen molar-refractivity contribution in [2.24, 2.45) is 5.14 Å². The van der Waals surface area contributed by atoms with Crippen molar-refractivity contribution in [3.8, 4) is 29.3 Å². The monoisotopic (exact) mass is 410 g/mol. The number of hydrogen-bond donors (Lipinski definition) is 1. The van der Waals surface area contributed by atoms with Crippen LogP contribution >= 0.6 is 0 Å². The van der Waals surface area contributed by atoms with Gasteiger partial charge in [-0.15, -0.1) is 6.42 Å². The van der Waals surface area contributed by atoms with E-state index in [0.717, 1.165) is 29.1 Å². The highest BCUT2D eigenvalue weighted by Gasteiger charge is 2.35. The summed E-state index contributed by atoms with van der Waals surface area (Å²) in [5.41, 5.74) is -1.28. The predicted molar refractivity (Wildman–Crippen MR) is 91.1 cm³/mol. The van der Waals surface area contributed by atoms with Gasteiger partial charge in [-0.05, 0) is 30.3 Å². The second-order valence-corrected chi connectivity index (χ2v) is 7.07. The molecule has 2 N–H and O–H groups in total. The number of sulfonamides is 1. The molecule has 11 heteroatoms. The Morgan fingerprint density at radius 1 is 1.14 bits per heavy atom. The molecule has 0 atom stereocenters. The van der Waals surface area contributed by atoms with Crippen LogP contribution in [0, 0.1) is 18.2 Å². The van der Waals surface area contributed by atoms with Gasteiger partial charge in [-0.2, -0.15) is 18.3 Å². The third-order valence-corrected chi connectivity index (χ3v) is 4.50. The third kappa shape index (κ3) is 3.73. The van der Waals surface area contributed by atoms with Crippen LogP contribution in [-0.2, 0) is 16.2 Å². The van der Waals surface area contributed by atoms with Gasteiger partial charge in [0.05, 0.1) is 23.1 Å². The lowest BCUT2D eigenvalue weighted by Gasteiger charge is -2.08. The summed E-state index contributed by atoms with van der Waals surface area (Å²) in [4.78, 5) is 3.62. The molecule has 0 saturated heterocycles. The average Bonchev–Trinajstić information content (AvgIpc) is 3.07. The van der Waals surface area contributed by atoms with E-state index in [1.807, 2.05) is 0 Å². The summed E-state index contributed by atoms with van der Waals surface area (Å²) in [6.07, 6.45) is 1.38. The highest BCUT2D eigenvalue weighted by Crippen LogP contribution is 2.33. The Morgan fingerprint density at radius 2 is 1.86 bits per heavy atom. The summed E-state index contributed by atoms with van der Waals surface area (Å²) in [7, 11) is -4.08. The van der Waals surface area contributed by atoms with Crippen LogP contribution in [0.1, 0.15) is 11.3 Å². The molecular weight excluding hydrogens is 400 g/mol. The van der Waals surface area contributed by atoms with E-state index in [1.165, 1.54) is 18.2 Å². The zero-order valence-electron chi connectivity index (χ0n) is 13.8. The third-order valence-electron chi connectivity index (χ3n) is 3.68. The number of benzene rings is 1. The minimum absolute atomic E-state index is 0.0133. The number of primary sulfonamides is 1. The number of nitrogens with zero attached hydrogens (tertiary/aromatic N) is 3. The van der Waals surface area contributed by atoms with Crippen LogP contribution in [0.5, 0.6) is 0 Å². The van der Waals surface area contributed by atoms with Crippen LogP contribution in [0.4, 0.5) is 17.6 Å². The topological polar surface area (TPSA) is 90.9 Å². The number of terminal acetylenes is 1. The SMILES string of the molecule is C#Cc1ccc(-c2cc(C(F)(F)F)nn2-c2ccc(S(N)(=O)=O)nc2)cc1F. The van der Waals surface area contributed by atoms with Gasteiger partial charge in [-0.1, -0.05) is 12.0 Å². The first-order valence-electron chi connectivity index (χ1n) is 7.44. The van der Waals surface area contributed by atoms with E-state index < -0.39 is 32.7 Å². The molecule has 144 valence electrons. The first-order valence-corrected chi connectivity index (χ1v) is 8.98. The average molecular weight is 410 g/mol. The Hall–Kier alpha value is -3.23. The maximum Gasteiger partial charge on any atom is 0.435 e. The summed E-state index contributed by atoms with van der Waals surface area (Å²) in [6.45, 7) is 0. The quantitative estimate of drug-likeness (QED) is 0.531. The molecule has 3 rings (SSSR count). The van der Waals surface area contributed by atoms with Crippen molar-refractivity contribution in [1.82, 2.24) is 14.8 Å². The fraction of sp³-hybridized carbons (Fsp3) is 0.0588. The van der Waals surface area contributed by atoms with Crippen LogP contribution < -0.4 is 5.14 Å². The molecule has 6 nitrogen and oxygen atoms in total. The van der Waals surface area contributed by atoms with Gasteiger partial charge < -0.3 is 0 Å². The molecule has 2 aromatic heterocycles. The number of halogens is 4. The van der Waals surface area contributed by atoms with Crippen molar-refractivity contribution >= 4 is 10.0 Å². The molecule has 0 fully saturated rings. The molecule has 0 bridgehead atoms. The zero-order chi connectivity index (χ0) is 20.7. The van der Waals surface area contributed by atoms with Gasteiger partial charge in [0, 0.05) is 5.56 Å². The molecular formula is C17H10F4N4O2S. The summed E-state index contributed by atoms with van der Waals surface area (Å²) in [5.74, 6) is 1.33. The van der Waals surface area contributed by atoms with E-state index in [1.54, 1.807) is 0 Å². The lowest BCUT2D eigenvalue weighted by Crippen LogP contribution is -2.14. The van der Waals surface area contributed by atoms with Crippen LogP contribution in [0.2, 0.25) is 0 Å². The molecule has 0 radical (unpaired) electrons. The molecule has 0 unspecified atom stereocenters. The molecule has 2 heterocycles. The van der Waals surface area contributed by atoms with E-state index >= 15 is 0 Å². The minimum atomic E-state index is -4.76. The Morgan fingerprint density at radius 3 is 2.36 bits per heavy atom. The van der Waals surface area contributed by atoms with E-state index in [9.17, 15) is 26.0 Å². The number of nitrogens with two attached hydrogens (primary N) is 1. The second-order valence-electron chi connectivity index (χ2n) is 5.56. The fourth-order valence-electron chi connectivity index (χ4n) is 2.38. The molecule has 28 heavy (non-hydrogen) atoms. The van der Waals surface area contributed by atoms with Crippen molar-refractivity contribution in [2.45, 2.75) is 11.2 Å². The predicted octanol–water partition coefficient (Wildman–Crippen LogP) is 2.72. The fourth-order valence-corrected chi connectivity index (χ4v) is 2.84. The molecule has 0 aliphatic rings.